The van der Waals surface area contributed by atoms with Crippen LogP contribution in [0.2, 0.25) is 5.02 Å². The molecule has 2 rings (SSSR count). The van der Waals surface area contributed by atoms with Crippen LogP contribution in [0.4, 0.5) is 5.69 Å². The highest BCUT2D eigenvalue weighted by atomic mass is 35.5. The van der Waals surface area contributed by atoms with E-state index in [1.54, 1.807) is 62.4 Å². The molecule has 0 aromatic heterocycles. The number of rotatable bonds is 9. The normalized spacial score (nSPS) is 10.9. The maximum Gasteiger partial charge on any atom is 0.350 e. The van der Waals surface area contributed by atoms with Crippen molar-refractivity contribution in [2.24, 2.45) is 0 Å². The summed E-state index contributed by atoms with van der Waals surface area (Å²) in [6.45, 7) is 4.63. The molecule has 0 saturated heterocycles. The molecule has 0 unspecified atom stereocenters. The van der Waals surface area contributed by atoms with Gasteiger partial charge in [-0.05, 0) is 68.8 Å². The van der Waals surface area contributed by atoms with E-state index in [0.717, 1.165) is 6.42 Å². The fraction of sp³-hybridized carbons (Fsp3) is 0.318. The fourth-order valence-electron chi connectivity index (χ4n) is 2.42. The summed E-state index contributed by atoms with van der Waals surface area (Å²) in [6, 6.07) is 13.0. The molecule has 0 fully saturated rings. The lowest BCUT2D eigenvalue weighted by Gasteiger charge is -2.24. The third-order valence-electron chi connectivity index (χ3n) is 3.98. The Morgan fingerprint density at radius 2 is 1.62 bits per heavy atom. The third kappa shape index (κ3) is 6.91. The van der Waals surface area contributed by atoms with Crippen molar-refractivity contribution in [3.05, 3.63) is 59.1 Å². The van der Waals surface area contributed by atoms with E-state index >= 15 is 0 Å². The summed E-state index contributed by atoms with van der Waals surface area (Å²) in [5.74, 6) is -0.636. The van der Waals surface area contributed by atoms with Crippen LogP contribution in [0.15, 0.2) is 48.5 Å². The van der Waals surface area contributed by atoms with Crippen LogP contribution in [0.1, 0.15) is 44.0 Å². The lowest BCUT2D eigenvalue weighted by atomic mass is 10.1. The summed E-state index contributed by atoms with van der Waals surface area (Å²) in [4.78, 5) is 36.2. The number of hydrogen-bond acceptors (Lipinski definition) is 5. The molecule has 0 saturated carbocycles. The minimum absolute atomic E-state index is 0.0802. The number of ether oxygens (including phenoxy) is 2. The molecule has 0 atom stereocenters. The Hall–Kier alpha value is -2.86. The van der Waals surface area contributed by atoms with Gasteiger partial charge in [0.15, 0.2) is 18.0 Å². The second kappa shape index (κ2) is 10.1. The highest BCUT2D eigenvalue weighted by Gasteiger charge is 2.32. The molecule has 1 N–H and O–H groups in total. The van der Waals surface area contributed by atoms with Gasteiger partial charge in [-0.15, -0.1) is 0 Å². The molecular formula is C22H24ClNO5. The standard InChI is InChI=1S/C22H24ClNO5/c1-4-5-20(26)24-17-10-6-15(7-11-17)19(25)14-28-21(27)22(2,3)29-18-12-8-16(23)9-13-18/h6-13H,4-5,14H2,1-3H3,(H,24,26). The van der Waals surface area contributed by atoms with E-state index < -0.39 is 18.2 Å². The molecule has 0 heterocycles. The topological polar surface area (TPSA) is 81.7 Å². The van der Waals surface area contributed by atoms with E-state index in [0.29, 0.717) is 28.4 Å². The number of carbonyl (C=O) groups is 3. The minimum atomic E-state index is -1.28. The number of Topliss-reactive ketones (excluding diaryl/α,β-unsaturated/α-hetero) is 1. The number of hydrogen-bond donors (Lipinski definition) is 1. The van der Waals surface area contributed by atoms with Gasteiger partial charge in [0.1, 0.15) is 5.75 Å². The van der Waals surface area contributed by atoms with E-state index in [-0.39, 0.29) is 11.7 Å². The average molecular weight is 418 g/mol. The predicted octanol–water partition coefficient (Wildman–Crippen LogP) is 4.66. The molecule has 0 radical (unpaired) electrons. The Bertz CT molecular complexity index is 860. The SMILES string of the molecule is CCCC(=O)Nc1ccc(C(=O)COC(=O)C(C)(C)Oc2ccc(Cl)cc2)cc1. The molecular weight excluding hydrogens is 394 g/mol. The minimum Gasteiger partial charge on any atom is -0.476 e. The summed E-state index contributed by atoms with van der Waals surface area (Å²) in [6.07, 6.45) is 1.19. The number of ketones is 1. The van der Waals surface area contributed by atoms with Crippen LogP contribution in [-0.2, 0) is 14.3 Å². The monoisotopic (exact) mass is 417 g/mol. The van der Waals surface area contributed by atoms with Crippen molar-refractivity contribution >= 4 is 34.9 Å². The highest BCUT2D eigenvalue weighted by Crippen LogP contribution is 2.22. The van der Waals surface area contributed by atoms with E-state index in [1.165, 1.54) is 0 Å². The molecule has 7 heteroatoms. The second-order valence-corrected chi connectivity index (χ2v) is 7.38. The maximum atomic E-state index is 12.3. The second-order valence-electron chi connectivity index (χ2n) is 6.94. The molecule has 29 heavy (non-hydrogen) atoms. The van der Waals surface area contributed by atoms with Gasteiger partial charge >= 0.3 is 5.97 Å². The van der Waals surface area contributed by atoms with Crippen LogP contribution in [0, 0.1) is 0 Å². The lowest BCUT2D eigenvalue weighted by molar-refractivity contribution is -0.158. The molecule has 0 spiro atoms. The van der Waals surface area contributed by atoms with Gasteiger partial charge in [-0.25, -0.2) is 4.79 Å². The van der Waals surface area contributed by atoms with Gasteiger partial charge in [0, 0.05) is 22.7 Å². The summed E-state index contributed by atoms with van der Waals surface area (Å²) in [5, 5.41) is 3.30. The zero-order valence-electron chi connectivity index (χ0n) is 16.7. The Morgan fingerprint density at radius 1 is 1.00 bits per heavy atom. The highest BCUT2D eigenvalue weighted by molar-refractivity contribution is 6.30. The third-order valence-corrected chi connectivity index (χ3v) is 4.23. The van der Waals surface area contributed by atoms with Crippen LogP contribution < -0.4 is 10.1 Å². The summed E-state index contributed by atoms with van der Waals surface area (Å²) >= 11 is 5.83. The Labute approximate surface area is 175 Å². The number of amides is 1. The van der Waals surface area contributed by atoms with Gasteiger partial charge in [-0.3, -0.25) is 9.59 Å². The molecule has 0 aliphatic heterocycles. The fourth-order valence-corrected chi connectivity index (χ4v) is 2.54. The molecule has 2 aromatic rings. The molecule has 6 nitrogen and oxygen atoms in total. The van der Waals surface area contributed by atoms with Gasteiger partial charge < -0.3 is 14.8 Å². The van der Waals surface area contributed by atoms with Crippen molar-refractivity contribution in [2.45, 2.75) is 39.2 Å². The van der Waals surface area contributed by atoms with Crippen molar-refractivity contribution in [2.75, 3.05) is 11.9 Å². The Balaban J connectivity index is 1.89. The summed E-state index contributed by atoms with van der Waals surface area (Å²) < 4.78 is 10.8. The van der Waals surface area contributed by atoms with Gasteiger partial charge in [-0.1, -0.05) is 18.5 Å². The molecule has 2 aromatic carbocycles. The maximum absolute atomic E-state index is 12.3. The van der Waals surface area contributed by atoms with Crippen molar-refractivity contribution in [3.8, 4) is 5.75 Å². The van der Waals surface area contributed by atoms with Crippen molar-refractivity contribution in [3.63, 3.8) is 0 Å². The zero-order valence-corrected chi connectivity index (χ0v) is 17.4. The number of esters is 1. The van der Waals surface area contributed by atoms with Gasteiger partial charge in [-0.2, -0.15) is 0 Å². The van der Waals surface area contributed by atoms with Gasteiger partial charge in [0.05, 0.1) is 0 Å². The molecule has 0 aliphatic rings. The van der Waals surface area contributed by atoms with Crippen LogP contribution in [0.5, 0.6) is 5.75 Å². The molecule has 154 valence electrons. The first kappa shape index (κ1) is 22.4. The van der Waals surface area contributed by atoms with Crippen LogP contribution >= 0.6 is 11.6 Å². The average Bonchev–Trinajstić information content (AvgIpc) is 2.68. The van der Waals surface area contributed by atoms with Crippen molar-refractivity contribution < 1.29 is 23.9 Å². The van der Waals surface area contributed by atoms with Gasteiger partial charge in [0.25, 0.3) is 0 Å². The largest absolute Gasteiger partial charge is 0.476 e. The first-order valence-electron chi connectivity index (χ1n) is 9.26. The van der Waals surface area contributed by atoms with Crippen LogP contribution in [0.3, 0.4) is 0 Å². The molecule has 0 aliphatic carbocycles. The number of halogens is 1. The quantitative estimate of drug-likeness (QED) is 0.474. The Kier molecular flexibility index (Phi) is 7.79. The summed E-state index contributed by atoms with van der Waals surface area (Å²) in [7, 11) is 0. The first-order valence-corrected chi connectivity index (χ1v) is 9.64. The summed E-state index contributed by atoms with van der Waals surface area (Å²) in [5.41, 5.74) is -0.293. The van der Waals surface area contributed by atoms with Crippen LogP contribution in [0.25, 0.3) is 0 Å². The Morgan fingerprint density at radius 3 is 2.21 bits per heavy atom. The molecule has 1 amide bonds. The smallest absolute Gasteiger partial charge is 0.350 e. The predicted molar refractivity (Wildman–Crippen MR) is 111 cm³/mol. The van der Waals surface area contributed by atoms with E-state index in [2.05, 4.69) is 5.32 Å². The lowest BCUT2D eigenvalue weighted by Crippen LogP contribution is -2.40. The van der Waals surface area contributed by atoms with E-state index in [9.17, 15) is 14.4 Å². The van der Waals surface area contributed by atoms with Crippen LogP contribution in [-0.4, -0.2) is 29.9 Å². The number of carbonyl (C=O) groups excluding carboxylic acids is 3. The number of benzene rings is 2. The van der Waals surface area contributed by atoms with Crippen molar-refractivity contribution in [1.29, 1.82) is 0 Å². The molecule has 0 bridgehead atoms. The van der Waals surface area contributed by atoms with E-state index in [4.69, 9.17) is 21.1 Å². The number of anilines is 1. The zero-order chi connectivity index (χ0) is 21.4. The van der Waals surface area contributed by atoms with Crippen molar-refractivity contribution in [1.82, 2.24) is 0 Å². The van der Waals surface area contributed by atoms with Gasteiger partial charge in [0.2, 0.25) is 5.91 Å². The number of nitrogens with one attached hydrogen (secondary N) is 1. The van der Waals surface area contributed by atoms with E-state index in [1.807, 2.05) is 6.92 Å². The first-order chi connectivity index (χ1) is 13.7.